The van der Waals surface area contributed by atoms with Crippen LogP contribution in [0.25, 0.3) is 0 Å². The number of quaternary nitrogens is 1. The van der Waals surface area contributed by atoms with Gasteiger partial charge in [0.25, 0.3) is 7.82 Å². The lowest BCUT2D eigenvalue weighted by Gasteiger charge is -2.28. The average Bonchev–Trinajstić information content (AvgIpc) is 0.916. The molecule has 0 radical (unpaired) electrons. The van der Waals surface area contributed by atoms with Crippen LogP contribution in [0.1, 0.15) is 245 Å². The first-order valence-corrected chi connectivity index (χ1v) is 40.5. The Morgan fingerprint density at radius 2 is 0.529 bits per heavy atom. The van der Waals surface area contributed by atoms with Gasteiger partial charge in [-0.1, -0.05) is 320 Å². The summed E-state index contributed by atoms with van der Waals surface area (Å²) in [6.07, 6.45) is 130. The van der Waals surface area contributed by atoms with Crippen LogP contribution in [0.5, 0.6) is 0 Å². The zero-order chi connectivity index (χ0) is 74.0. The summed E-state index contributed by atoms with van der Waals surface area (Å²) in [5.41, 5.74) is 0. The summed E-state index contributed by atoms with van der Waals surface area (Å²) in [5, 5.41) is 0. The van der Waals surface area contributed by atoms with Crippen molar-refractivity contribution in [3.05, 3.63) is 267 Å². The number of likely N-dealkylation sites (N-methyl/N-ethyl adjacent to an activating group) is 1. The number of phosphoric acid groups is 1. The smallest absolute Gasteiger partial charge is 0.306 e. The van der Waals surface area contributed by atoms with E-state index in [1.807, 2.05) is 21.1 Å². The highest BCUT2D eigenvalue weighted by Crippen LogP contribution is 2.38. The molecule has 566 valence electrons. The van der Waals surface area contributed by atoms with Crippen molar-refractivity contribution in [1.82, 2.24) is 0 Å². The molecule has 0 spiro atoms. The number of carbonyl (C=O) groups excluding carboxylic acids is 2. The van der Waals surface area contributed by atoms with Crippen molar-refractivity contribution in [2.75, 3.05) is 47.5 Å². The van der Waals surface area contributed by atoms with E-state index in [2.05, 4.69) is 281 Å². The number of phosphoric ester groups is 1. The molecule has 0 saturated heterocycles. The molecule has 0 aliphatic rings. The molecule has 0 aliphatic heterocycles. The van der Waals surface area contributed by atoms with Gasteiger partial charge < -0.3 is 27.9 Å². The van der Waals surface area contributed by atoms with Crippen molar-refractivity contribution in [2.24, 2.45) is 0 Å². The van der Waals surface area contributed by atoms with Crippen LogP contribution in [-0.2, 0) is 32.7 Å². The van der Waals surface area contributed by atoms with Gasteiger partial charge in [-0.05, 0) is 180 Å². The zero-order valence-corrected chi connectivity index (χ0v) is 65.3. The van der Waals surface area contributed by atoms with Crippen molar-refractivity contribution in [3.63, 3.8) is 0 Å². The fourth-order valence-corrected chi connectivity index (χ4v) is 10.1. The number of carbonyl (C=O) groups is 2. The topological polar surface area (TPSA) is 111 Å². The summed E-state index contributed by atoms with van der Waals surface area (Å²) in [5.74, 6) is -0.907. The quantitative estimate of drug-likeness (QED) is 0.0195. The van der Waals surface area contributed by atoms with Gasteiger partial charge in [-0.3, -0.25) is 14.2 Å². The summed E-state index contributed by atoms with van der Waals surface area (Å²) >= 11 is 0. The molecule has 0 rings (SSSR count). The Kier molecular flexibility index (Phi) is 73.3. The average molecular weight is 1420 g/mol. The van der Waals surface area contributed by atoms with Crippen LogP contribution in [0, 0.1) is 0 Å². The van der Waals surface area contributed by atoms with E-state index < -0.39 is 32.5 Å². The molecule has 0 saturated carbocycles. The van der Waals surface area contributed by atoms with Crippen molar-refractivity contribution in [2.45, 2.75) is 251 Å². The zero-order valence-electron chi connectivity index (χ0n) is 64.4. The van der Waals surface area contributed by atoms with Gasteiger partial charge >= 0.3 is 11.9 Å². The molecule has 0 aromatic rings. The minimum atomic E-state index is -4.68. The normalized spacial score (nSPS) is 14.5. The number of rotatable bonds is 68. The van der Waals surface area contributed by atoms with E-state index in [-0.39, 0.29) is 26.1 Å². The molecule has 10 heteroatoms. The molecule has 0 amide bonds. The molecule has 0 aromatic heterocycles. The van der Waals surface area contributed by atoms with Crippen LogP contribution in [0.4, 0.5) is 0 Å². The third-order valence-corrected chi connectivity index (χ3v) is 16.2. The largest absolute Gasteiger partial charge is 0.756 e. The number of ether oxygens (including phenoxy) is 2. The lowest BCUT2D eigenvalue weighted by atomic mass is 10.1. The van der Waals surface area contributed by atoms with Crippen molar-refractivity contribution < 1.29 is 42.1 Å². The van der Waals surface area contributed by atoms with Gasteiger partial charge in [0, 0.05) is 12.8 Å². The van der Waals surface area contributed by atoms with Crippen LogP contribution < -0.4 is 4.89 Å². The molecule has 0 N–H and O–H groups in total. The van der Waals surface area contributed by atoms with E-state index in [1.54, 1.807) is 0 Å². The van der Waals surface area contributed by atoms with Gasteiger partial charge in [0.2, 0.25) is 0 Å². The van der Waals surface area contributed by atoms with E-state index in [0.717, 1.165) is 199 Å². The highest BCUT2D eigenvalue weighted by molar-refractivity contribution is 7.45. The maximum atomic E-state index is 12.9. The van der Waals surface area contributed by atoms with Crippen LogP contribution in [-0.4, -0.2) is 70.0 Å². The van der Waals surface area contributed by atoms with Crippen LogP contribution >= 0.6 is 7.82 Å². The number of nitrogens with zero attached hydrogens (tertiary/aromatic N) is 1. The Balaban J connectivity index is 4.22. The van der Waals surface area contributed by atoms with E-state index in [1.165, 1.54) is 6.42 Å². The summed E-state index contributed by atoms with van der Waals surface area (Å²) in [6, 6.07) is 0. The third kappa shape index (κ3) is 82.2. The molecule has 102 heavy (non-hydrogen) atoms. The number of allylic oxidation sites excluding steroid dienone is 44. The van der Waals surface area contributed by atoms with Gasteiger partial charge in [-0.15, -0.1) is 0 Å². The molecule has 0 aliphatic carbocycles. The van der Waals surface area contributed by atoms with E-state index in [4.69, 9.17) is 18.5 Å². The molecule has 2 atom stereocenters. The van der Waals surface area contributed by atoms with Gasteiger partial charge in [0.05, 0.1) is 27.7 Å². The second kappa shape index (κ2) is 78.4. The van der Waals surface area contributed by atoms with Crippen LogP contribution in [0.15, 0.2) is 267 Å². The van der Waals surface area contributed by atoms with Crippen molar-refractivity contribution in [3.8, 4) is 0 Å². The van der Waals surface area contributed by atoms with Crippen molar-refractivity contribution >= 4 is 19.8 Å². The molecule has 0 bridgehead atoms. The number of unbranched alkanes of at least 4 members (excludes halogenated alkanes) is 10. The summed E-state index contributed by atoms with van der Waals surface area (Å²) < 4.78 is 34.3. The van der Waals surface area contributed by atoms with Gasteiger partial charge in [0.1, 0.15) is 19.8 Å². The Labute approximate surface area is 624 Å². The fraction of sp³-hybridized carbons (Fsp3) is 0.500. The second-order valence-corrected chi connectivity index (χ2v) is 27.3. The number of esters is 2. The summed E-state index contributed by atoms with van der Waals surface area (Å²) in [6.45, 7) is 3.92. The van der Waals surface area contributed by atoms with Gasteiger partial charge in [0.15, 0.2) is 6.10 Å². The molecule has 0 fully saturated rings. The fourth-order valence-electron chi connectivity index (χ4n) is 9.37. The number of hydrogen-bond donors (Lipinski definition) is 0. The van der Waals surface area contributed by atoms with Crippen LogP contribution in [0.2, 0.25) is 0 Å². The maximum absolute atomic E-state index is 12.9. The molecule has 0 aromatic carbocycles. The SMILES string of the molecule is CC/C=C\C/C=C\C/C=C\C/C=C\C/C=C\C/C=C\C/C=C\C/C=C\C/C=C\C/C=C\C/C=C\CCCCCCCCCC(=O)OC(COC(=O)CCCCC/C=C\C/C=C\C/C=C\C/C=C\C/C=C\C/C=C\C/C=C\C/C=C\C/C=C\C/C=C\C/C=C\CC)COP(=O)([O-])OCC[N+](C)(C)C. The Morgan fingerprint density at radius 1 is 0.304 bits per heavy atom. The maximum Gasteiger partial charge on any atom is 0.306 e. The molecule has 0 heterocycles. The van der Waals surface area contributed by atoms with Gasteiger partial charge in [-0.2, -0.15) is 0 Å². The first-order valence-electron chi connectivity index (χ1n) is 39.0. The predicted molar refractivity (Wildman–Crippen MR) is 442 cm³/mol. The Morgan fingerprint density at radius 3 is 0.794 bits per heavy atom. The predicted octanol–water partition coefficient (Wildman–Crippen LogP) is 26.0. The highest BCUT2D eigenvalue weighted by atomic mass is 31.2. The summed E-state index contributed by atoms with van der Waals surface area (Å²) in [7, 11) is 1.10. The Hall–Kier alpha value is -6.71. The molecule has 9 nitrogen and oxygen atoms in total. The van der Waals surface area contributed by atoms with Crippen LogP contribution in [0.3, 0.4) is 0 Å². The lowest BCUT2D eigenvalue weighted by Crippen LogP contribution is -2.37. The van der Waals surface area contributed by atoms with E-state index in [9.17, 15) is 19.0 Å². The standard InChI is InChI=1S/C92H140NO8P/c1-6-8-10-12-14-16-18-20-22-24-26-28-30-32-34-36-38-40-42-44-45-46-47-49-51-53-55-57-59-61-63-65-67-69-71-73-75-77-79-81-83-85-92(95)101-90(89-100-102(96,97)99-87-86-93(3,4)5)88-98-91(94)84-82-80-78-76-74-72-70-68-66-64-62-60-58-56-54-52-50-48-43-41-39-37-35-33-31-29-27-25-23-21-19-17-15-13-11-9-7-2/h8-11,14-17,20-23,26-29,32-35,38-41,44-45,47-50,53-56,59-62,65-68,72,74,90H,6-7,12-13,18-19,24-25,30-31,36-37,42-43,46,51-52,57-58,63-64,69-71,73,75-89H2,1-5H3/b10-8-,11-9-,16-14-,17-15-,22-20-,23-21-,28-26-,29-27-,34-32-,35-33-,40-38-,41-39-,45-44-,49-47-,50-48-,55-53-,56-54-,61-59-,62-60-,67-65-,68-66-,74-72-. The first-order chi connectivity index (χ1) is 50.0. The molecular weight excluding hydrogens is 1280 g/mol. The second-order valence-electron chi connectivity index (χ2n) is 25.9. The highest BCUT2D eigenvalue weighted by Gasteiger charge is 2.22. The molecular formula is C92H140NO8P. The monoisotopic (exact) mass is 1420 g/mol. The minimum absolute atomic E-state index is 0.0541. The van der Waals surface area contributed by atoms with E-state index in [0.29, 0.717) is 23.9 Å². The first kappa shape index (κ1) is 95.3. The van der Waals surface area contributed by atoms with E-state index >= 15 is 0 Å². The summed E-state index contributed by atoms with van der Waals surface area (Å²) in [4.78, 5) is 38.1. The molecule has 2 unspecified atom stereocenters. The minimum Gasteiger partial charge on any atom is -0.756 e. The Bertz CT molecular complexity index is 2730. The lowest BCUT2D eigenvalue weighted by molar-refractivity contribution is -0.870. The third-order valence-electron chi connectivity index (χ3n) is 15.2. The van der Waals surface area contributed by atoms with Crippen molar-refractivity contribution in [1.29, 1.82) is 0 Å². The number of hydrogen-bond acceptors (Lipinski definition) is 8. The van der Waals surface area contributed by atoms with Gasteiger partial charge in [-0.25, -0.2) is 0 Å².